The van der Waals surface area contributed by atoms with Crippen LogP contribution in [-0.4, -0.2) is 42.7 Å². The molecule has 0 aliphatic heterocycles. The lowest BCUT2D eigenvalue weighted by molar-refractivity contribution is -0.128. The van der Waals surface area contributed by atoms with Crippen molar-refractivity contribution in [2.24, 2.45) is 0 Å². The monoisotopic (exact) mass is 327 g/mol. The molecule has 118 valence electrons. The molecule has 7 heteroatoms. The Hall–Kier alpha value is -2.41. The van der Waals surface area contributed by atoms with Gasteiger partial charge in [0, 0.05) is 25.5 Å². The Morgan fingerprint density at radius 1 is 1.26 bits per heavy atom. The maximum absolute atomic E-state index is 12.4. The topological polar surface area (TPSA) is 63.4 Å². The number of rotatable bonds is 6. The van der Waals surface area contributed by atoms with Crippen molar-refractivity contribution in [3.8, 4) is 0 Å². The first-order valence-corrected chi connectivity index (χ1v) is 8.36. The van der Waals surface area contributed by atoms with Gasteiger partial charge >= 0.3 is 0 Å². The molecule has 6 nitrogen and oxygen atoms in total. The van der Waals surface area contributed by atoms with Gasteiger partial charge in [0.25, 0.3) is 5.78 Å². The molecule has 0 aliphatic carbocycles. The third-order valence-electron chi connectivity index (χ3n) is 3.37. The molecule has 0 spiro atoms. The average Bonchev–Trinajstić information content (AvgIpc) is 3.01. The largest absolute Gasteiger partial charge is 0.338 e. The van der Waals surface area contributed by atoms with Crippen LogP contribution in [0.5, 0.6) is 0 Å². The minimum absolute atomic E-state index is 0.0770. The van der Waals surface area contributed by atoms with E-state index in [0.29, 0.717) is 29.8 Å². The molecule has 0 unspecified atom stereocenters. The zero-order valence-electron chi connectivity index (χ0n) is 12.8. The van der Waals surface area contributed by atoms with Crippen molar-refractivity contribution in [2.45, 2.75) is 18.6 Å². The number of hydrogen-bond acceptors (Lipinski definition) is 5. The normalized spacial score (nSPS) is 10.8. The van der Waals surface area contributed by atoms with Gasteiger partial charge in [-0.25, -0.2) is 9.50 Å². The smallest absolute Gasteiger partial charge is 0.253 e. The highest BCUT2D eigenvalue weighted by Gasteiger charge is 2.14. The Kier molecular flexibility index (Phi) is 4.87. The van der Waals surface area contributed by atoms with Gasteiger partial charge in [-0.1, -0.05) is 42.1 Å². The first-order chi connectivity index (χ1) is 11.3. The maximum atomic E-state index is 12.4. The van der Waals surface area contributed by atoms with Crippen LogP contribution in [0.2, 0.25) is 0 Å². The zero-order valence-corrected chi connectivity index (χ0v) is 13.6. The van der Waals surface area contributed by atoms with Crippen LogP contribution < -0.4 is 0 Å². The lowest BCUT2D eigenvalue weighted by Gasteiger charge is -2.20. The van der Waals surface area contributed by atoms with Crippen LogP contribution in [0.15, 0.2) is 53.9 Å². The summed E-state index contributed by atoms with van der Waals surface area (Å²) < 4.78 is 1.61. The molecular formula is C16H17N5OS. The number of carbonyl (C=O) groups excluding carboxylic acids is 1. The fourth-order valence-corrected chi connectivity index (χ4v) is 2.90. The Morgan fingerprint density at radius 2 is 2.09 bits per heavy atom. The van der Waals surface area contributed by atoms with Gasteiger partial charge in [0.05, 0.1) is 5.75 Å². The Balaban J connectivity index is 1.60. The fraction of sp³-hybridized carbons (Fsp3) is 0.250. The van der Waals surface area contributed by atoms with Gasteiger partial charge in [-0.05, 0) is 18.6 Å². The highest BCUT2D eigenvalue weighted by atomic mass is 32.2. The van der Waals surface area contributed by atoms with E-state index in [4.69, 9.17) is 0 Å². The van der Waals surface area contributed by atoms with Gasteiger partial charge in [0.1, 0.15) is 0 Å². The average molecular weight is 327 g/mol. The Morgan fingerprint density at radius 3 is 2.83 bits per heavy atom. The van der Waals surface area contributed by atoms with E-state index in [1.807, 2.05) is 42.2 Å². The molecule has 0 fully saturated rings. The molecule has 1 amide bonds. The van der Waals surface area contributed by atoms with Crippen molar-refractivity contribution >= 4 is 23.4 Å². The highest BCUT2D eigenvalue weighted by molar-refractivity contribution is 7.99. The van der Waals surface area contributed by atoms with Gasteiger partial charge in [0.2, 0.25) is 11.1 Å². The van der Waals surface area contributed by atoms with Gasteiger partial charge in [-0.3, -0.25) is 4.79 Å². The lowest BCUT2D eigenvalue weighted by Crippen LogP contribution is -2.31. The molecule has 0 N–H and O–H groups in total. The van der Waals surface area contributed by atoms with E-state index in [2.05, 4.69) is 15.1 Å². The molecule has 0 aliphatic rings. The number of fused-ring (bicyclic) bond motifs is 1. The van der Waals surface area contributed by atoms with Crippen molar-refractivity contribution < 1.29 is 4.79 Å². The predicted octanol–water partition coefficient (Wildman–Crippen LogP) is 2.27. The molecule has 0 saturated heterocycles. The Labute approximate surface area is 138 Å². The summed E-state index contributed by atoms with van der Waals surface area (Å²) in [6, 6.07) is 11.8. The van der Waals surface area contributed by atoms with E-state index in [-0.39, 0.29) is 5.91 Å². The van der Waals surface area contributed by atoms with E-state index >= 15 is 0 Å². The number of hydrogen-bond donors (Lipinski definition) is 0. The molecule has 0 saturated carbocycles. The summed E-state index contributed by atoms with van der Waals surface area (Å²) in [7, 11) is 0. The number of nitrogens with zero attached hydrogens (tertiary/aromatic N) is 5. The number of thioether (sulfide) groups is 1. The van der Waals surface area contributed by atoms with Crippen molar-refractivity contribution in [3.63, 3.8) is 0 Å². The second kappa shape index (κ2) is 7.23. The van der Waals surface area contributed by atoms with Crippen LogP contribution in [-0.2, 0) is 11.3 Å². The molecule has 0 bridgehead atoms. The first kappa shape index (κ1) is 15.5. The van der Waals surface area contributed by atoms with Gasteiger partial charge in [-0.2, -0.15) is 4.98 Å². The summed E-state index contributed by atoms with van der Waals surface area (Å²) >= 11 is 1.33. The van der Waals surface area contributed by atoms with Crippen LogP contribution in [0.3, 0.4) is 0 Å². The lowest BCUT2D eigenvalue weighted by atomic mass is 10.2. The minimum Gasteiger partial charge on any atom is -0.338 e. The summed E-state index contributed by atoms with van der Waals surface area (Å²) in [6.07, 6.45) is 3.46. The van der Waals surface area contributed by atoms with Crippen molar-refractivity contribution in [3.05, 3.63) is 54.4 Å². The number of aromatic nitrogens is 4. The molecule has 0 atom stereocenters. The van der Waals surface area contributed by atoms with E-state index in [1.165, 1.54) is 11.8 Å². The van der Waals surface area contributed by atoms with Crippen molar-refractivity contribution in [1.29, 1.82) is 0 Å². The van der Waals surface area contributed by atoms with Crippen LogP contribution in [0.25, 0.3) is 5.78 Å². The summed E-state index contributed by atoms with van der Waals surface area (Å²) in [4.78, 5) is 22.6. The molecule has 3 rings (SSSR count). The standard InChI is InChI=1S/C16H17N5OS/c1-2-20(11-13-7-4-3-5-8-13)14(22)12-23-16-18-15-17-9-6-10-21(15)19-16/h3-10H,2,11-12H2,1H3. The van der Waals surface area contributed by atoms with Gasteiger partial charge in [-0.15, -0.1) is 5.10 Å². The fourth-order valence-electron chi connectivity index (χ4n) is 2.17. The first-order valence-electron chi connectivity index (χ1n) is 7.38. The summed E-state index contributed by atoms with van der Waals surface area (Å²) in [5, 5.41) is 4.85. The predicted molar refractivity (Wildman–Crippen MR) is 89.0 cm³/mol. The van der Waals surface area contributed by atoms with Crippen LogP contribution in [0.1, 0.15) is 12.5 Å². The summed E-state index contributed by atoms with van der Waals surface area (Å²) in [5.41, 5.74) is 1.13. The molecule has 0 radical (unpaired) electrons. The van der Waals surface area contributed by atoms with E-state index in [9.17, 15) is 4.79 Å². The second-order valence-corrected chi connectivity index (χ2v) is 5.88. The quantitative estimate of drug-likeness (QED) is 0.650. The zero-order chi connectivity index (χ0) is 16.1. The van der Waals surface area contributed by atoms with E-state index < -0.39 is 0 Å². The second-order valence-electron chi connectivity index (χ2n) is 4.94. The summed E-state index contributed by atoms with van der Waals surface area (Å²) in [5.74, 6) is 0.935. The third-order valence-corrected chi connectivity index (χ3v) is 4.20. The molecule has 23 heavy (non-hydrogen) atoms. The Bertz CT molecular complexity index is 756. The van der Waals surface area contributed by atoms with Crippen LogP contribution in [0.4, 0.5) is 0 Å². The SMILES string of the molecule is CCN(Cc1ccccc1)C(=O)CSc1nc2ncccn2n1. The van der Waals surface area contributed by atoms with Crippen molar-refractivity contribution in [1.82, 2.24) is 24.5 Å². The van der Waals surface area contributed by atoms with Crippen LogP contribution in [0, 0.1) is 0 Å². The molecular weight excluding hydrogens is 310 g/mol. The third kappa shape index (κ3) is 3.87. The summed E-state index contributed by atoms with van der Waals surface area (Å²) in [6.45, 7) is 3.28. The molecule has 2 heterocycles. The number of amides is 1. The number of carbonyl (C=O) groups is 1. The van der Waals surface area contributed by atoms with E-state index in [0.717, 1.165) is 5.56 Å². The van der Waals surface area contributed by atoms with Gasteiger partial charge in [0.15, 0.2) is 0 Å². The molecule has 1 aromatic carbocycles. The highest BCUT2D eigenvalue weighted by Crippen LogP contribution is 2.15. The molecule has 2 aromatic heterocycles. The van der Waals surface area contributed by atoms with Crippen molar-refractivity contribution in [2.75, 3.05) is 12.3 Å². The van der Waals surface area contributed by atoms with Crippen LogP contribution >= 0.6 is 11.8 Å². The van der Waals surface area contributed by atoms with E-state index in [1.54, 1.807) is 23.0 Å². The van der Waals surface area contributed by atoms with Gasteiger partial charge < -0.3 is 4.90 Å². The minimum atomic E-state index is 0.0770. The maximum Gasteiger partial charge on any atom is 0.253 e. The molecule has 3 aromatic rings. The number of benzene rings is 1.